The van der Waals surface area contributed by atoms with Gasteiger partial charge in [-0.25, -0.2) is 4.79 Å². The Labute approximate surface area is 125 Å². The topological polar surface area (TPSA) is 75.6 Å². The van der Waals surface area contributed by atoms with Crippen LogP contribution in [0.5, 0.6) is 0 Å². The summed E-state index contributed by atoms with van der Waals surface area (Å²) in [7, 11) is 0. The van der Waals surface area contributed by atoms with Crippen molar-refractivity contribution in [3.63, 3.8) is 0 Å². The Kier molecular flexibility index (Phi) is 4.45. The number of hydrogen-bond acceptors (Lipinski definition) is 3. The van der Waals surface area contributed by atoms with E-state index in [9.17, 15) is 9.59 Å². The van der Waals surface area contributed by atoms with Crippen molar-refractivity contribution in [2.24, 2.45) is 0 Å². The van der Waals surface area contributed by atoms with Gasteiger partial charge in [0.1, 0.15) is 0 Å². The second-order valence-corrected chi connectivity index (χ2v) is 6.08. The van der Waals surface area contributed by atoms with Gasteiger partial charge < -0.3 is 15.2 Å². The van der Waals surface area contributed by atoms with Gasteiger partial charge in [0.05, 0.1) is 5.56 Å². The van der Waals surface area contributed by atoms with Crippen molar-refractivity contribution in [1.82, 2.24) is 5.32 Å². The van der Waals surface area contributed by atoms with Crippen LogP contribution in [0, 0.1) is 0 Å². The van der Waals surface area contributed by atoms with E-state index in [1.54, 1.807) is 6.07 Å². The monoisotopic (exact) mass is 341 g/mol. The standard InChI is InChI=1S/C14H16BrNO4/c1-14(2-4-20-5-3-14)16-12(17)9-6-10(13(18)19)8-11(15)7-9/h6-8H,2-5H2,1H3,(H,16,17)(H,18,19). The highest BCUT2D eigenvalue weighted by Gasteiger charge is 2.29. The average molecular weight is 342 g/mol. The highest BCUT2D eigenvalue weighted by atomic mass is 79.9. The summed E-state index contributed by atoms with van der Waals surface area (Å²) in [6.07, 6.45) is 1.50. The molecule has 0 radical (unpaired) electrons. The largest absolute Gasteiger partial charge is 0.478 e. The Bertz CT molecular complexity index is 538. The fraction of sp³-hybridized carbons (Fsp3) is 0.429. The SMILES string of the molecule is CC1(NC(=O)c2cc(Br)cc(C(=O)O)c2)CCOCC1. The Morgan fingerprint density at radius 3 is 2.45 bits per heavy atom. The van der Waals surface area contributed by atoms with Crippen molar-refractivity contribution < 1.29 is 19.4 Å². The lowest BCUT2D eigenvalue weighted by Crippen LogP contribution is -2.49. The number of rotatable bonds is 3. The van der Waals surface area contributed by atoms with E-state index in [0.717, 1.165) is 12.8 Å². The molecule has 1 aromatic rings. The molecular formula is C14H16BrNO4. The van der Waals surface area contributed by atoms with Crippen LogP contribution in [-0.4, -0.2) is 35.7 Å². The summed E-state index contributed by atoms with van der Waals surface area (Å²) in [5, 5.41) is 12.0. The molecule has 0 spiro atoms. The molecule has 5 nitrogen and oxygen atoms in total. The number of nitrogens with one attached hydrogen (secondary N) is 1. The maximum atomic E-state index is 12.3. The molecule has 0 atom stereocenters. The molecule has 1 aliphatic rings. The molecule has 1 aromatic carbocycles. The zero-order valence-corrected chi connectivity index (χ0v) is 12.7. The predicted molar refractivity (Wildman–Crippen MR) is 77.0 cm³/mol. The van der Waals surface area contributed by atoms with E-state index in [4.69, 9.17) is 9.84 Å². The molecule has 2 rings (SSSR count). The molecule has 0 aromatic heterocycles. The van der Waals surface area contributed by atoms with Crippen LogP contribution < -0.4 is 5.32 Å². The molecular weight excluding hydrogens is 326 g/mol. The van der Waals surface area contributed by atoms with Gasteiger partial charge >= 0.3 is 5.97 Å². The van der Waals surface area contributed by atoms with Crippen molar-refractivity contribution in [2.45, 2.75) is 25.3 Å². The normalized spacial score (nSPS) is 17.5. The Balaban J connectivity index is 2.18. The smallest absolute Gasteiger partial charge is 0.335 e. The summed E-state index contributed by atoms with van der Waals surface area (Å²) in [6.45, 7) is 3.22. The molecule has 1 amide bonds. The number of amides is 1. The van der Waals surface area contributed by atoms with Gasteiger partial charge in [-0.3, -0.25) is 4.79 Å². The number of halogens is 1. The second-order valence-electron chi connectivity index (χ2n) is 5.16. The van der Waals surface area contributed by atoms with Gasteiger partial charge in [-0.05, 0) is 38.0 Å². The van der Waals surface area contributed by atoms with Gasteiger partial charge in [0.15, 0.2) is 0 Å². The number of hydrogen-bond donors (Lipinski definition) is 2. The number of carbonyl (C=O) groups is 2. The number of carboxylic acids is 1. The lowest BCUT2D eigenvalue weighted by Gasteiger charge is -2.34. The lowest BCUT2D eigenvalue weighted by molar-refractivity contribution is 0.0423. The minimum absolute atomic E-state index is 0.0849. The Morgan fingerprint density at radius 2 is 1.85 bits per heavy atom. The fourth-order valence-electron chi connectivity index (χ4n) is 2.14. The number of aromatic carboxylic acids is 1. The van der Waals surface area contributed by atoms with Crippen molar-refractivity contribution in [1.29, 1.82) is 0 Å². The predicted octanol–water partition coefficient (Wildman–Crippen LogP) is 2.45. The summed E-state index contributed by atoms with van der Waals surface area (Å²) in [5.41, 5.74) is 0.118. The Morgan fingerprint density at radius 1 is 1.25 bits per heavy atom. The molecule has 0 saturated carbocycles. The van der Waals surface area contributed by atoms with E-state index in [2.05, 4.69) is 21.2 Å². The minimum Gasteiger partial charge on any atom is -0.478 e. The number of ether oxygens (including phenoxy) is 1. The quantitative estimate of drug-likeness (QED) is 0.885. The third-order valence-corrected chi connectivity index (χ3v) is 3.88. The first kappa shape index (κ1) is 15.0. The third kappa shape index (κ3) is 3.58. The molecule has 1 saturated heterocycles. The van der Waals surface area contributed by atoms with Crippen molar-refractivity contribution in [2.75, 3.05) is 13.2 Å². The zero-order valence-electron chi connectivity index (χ0n) is 11.1. The van der Waals surface area contributed by atoms with Crippen LogP contribution in [0.4, 0.5) is 0 Å². The van der Waals surface area contributed by atoms with Crippen molar-refractivity contribution in [3.8, 4) is 0 Å². The van der Waals surface area contributed by atoms with Crippen LogP contribution in [-0.2, 0) is 4.74 Å². The molecule has 0 aliphatic carbocycles. The third-order valence-electron chi connectivity index (χ3n) is 3.42. The molecule has 6 heteroatoms. The van der Waals surface area contributed by atoms with Gasteiger partial charge in [-0.15, -0.1) is 0 Å². The first-order valence-electron chi connectivity index (χ1n) is 6.34. The first-order valence-corrected chi connectivity index (χ1v) is 7.13. The maximum Gasteiger partial charge on any atom is 0.335 e. The molecule has 0 unspecified atom stereocenters. The highest BCUT2D eigenvalue weighted by Crippen LogP contribution is 2.22. The summed E-state index contributed by atoms with van der Waals surface area (Å²) >= 11 is 3.22. The number of benzene rings is 1. The van der Waals surface area contributed by atoms with Crippen LogP contribution in [0.25, 0.3) is 0 Å². The fourth-order valence-corrected chi connectivity index (χ4v) is 2.63. The summed E-state index contributed by atoms with van der Waals surface area (Å²) < 4.78 is 5.85. The molecule has 1 fully saturated rings. The van der Waals surface area contributed by atoms with Crippen molar-refractivity contribution >= 4 is 27.8 Å². The van der Waals surface area contributed by atoms with Gasteiger partial charge in [0, 0.05) is 28.8 Å². The molecule has 0 bridgehead atoms. The van der Waals surface area contributed by atoms with E-state index >= 15 is 0 Å². The average Bonchev–Trinajstić information content (AvgIpc) is 2.38. The van der Waals surface area contributed by atoms with Crippen LogP contribution in [0.2, 0.25) is 0 Å². The van der Waals surface area contributed by atoms with E-state index in [-0.39, 0.29) is 17.0 Å². The number of carbonyl (C=O) groups excluding carboxylic acids is 1. The maximum absolute atomic E-state index is 12.3. The van der Waals surface area contributed by atoms with Gasteiger partial charge in [0.25, 0.3) is 5.91 Å². The van der Waals surface area contributed by atoms with Crippen LogP contribution >= 0.6 is 15.9 Å². The number of carboxylic acid groups (broad SMARTS) is 1. The molecule has 1 aliphatic heterocycles. The van der Waals surface area contributed by atoms with E-state index in [0.29, 0.717) is 23.2 Å². The van der Waals surface area contributed by atoms with Gasteiger partial charge in [-0.2, -0.15) is 0 Å². The second kappa shape index (κ2) is 5.93. The lowest BCUT2D eigenvalue weighted by atomic mass is 9.92. The molecule has 1 heterocycles. The molecule has 20 heavy (non-hydrogen) atoms. The summed E-state index contributed by atoms with van der Waals surface area (Å²) in [6, 6.07) is 4.46. The minimum atomic E-state index is -1.06. The molecule has 108 valence electrons. The van der Waals surface area contributed by atoms with E-state index in [1.807, 2.05) is 6.92 Å². The molecule has 2 N–H and O–H groups in total. The van der Waals surface area contributed by atoms with Gasteiger partial charge in [-0.1, -0.05) is 15.9 Å². The Hall–Kier alpha value is -1.40. The van der Waals surface area contributed by atoms with Crippen molar-refractivity contribution in [3.05, 3.63) is 33.8 Å². The first-order chi connectivity index (χ1) is 9.39. The van der Waals surface area contributed by atoms with Crippen LogP contribution in [0.1, 0.15) is 40.5 Å². The van der Waals surface area contributed by atoms with E-state index < -0.39 is 5.97 Å². The summed E-state index contributed by atoms with van der Waals surface area (Å²) in [5.74, 6) is -1.32. The van der Waals surface area contributed by atoms with Gasteiger partial charge in [0.2, 0.25) is 0 Å². The van der Waals surface area contributed by atoms with Crippen LogP contribution in [0.15, 0.2) is 22.7 Å². The van der Waals surface area contributed by atoms with Crippen LogP contribution in [0.3, 0.4) is 0 Å². The summed E-state index contributed by atoms with van der Waals surface area (Å²) in [4.78, 5) is 23.3. The highest BCUT2D eigenvalue weighted by molar-refractivity contribution is 9.10. The zero-order chi connectivity index (χ0) is 14.8. The van der Waals surface area contributed by atoms with E-state index in [1.165, 1.54) is 12.1 Å².